The molecule has 0 aromatic heterocycles. The van der Waals surface area contributed by atoms with E-state index in [1.807, 2.05) is 0 Å². The topological polar surface area (TPSA) is 108 Å². The van der Waals surface area contributed by atoms with Crippen molar-refractivity contribution in [2.24, 2.45) is 5.73 Å². The first-order valence-corrected chi connectivity index (χ1v) is 6.94. The van der Waals surface area contributed by atoms with Crippen LogP contribution in [0.5, 0.6) is 5.75 Å². The van der Waals surface area contributed by atoms with Crippen LogP contribution in [0.3, 0.4) is 0 Å². The van der Waals surface area contributed by atoms with Crippen molar-refractivity contribution in [2.75, 3.05) is 19.8 Å². The summed E-state index contributed by atoms with van der Waals surface area (Å²) in [6.45, 7) is 3.05. The number of non-ortho nitro benzene ring substituents is 1. The first-order valence-electron chi connectivity index (χ1n) is 6.94. The molecule has 0 heterocycles. The molecule has 1 aromatic carbocycles. The van der Waals surface area contributed by atoms with Gasteiger partial charge in [-0.15, -0.1) is 0 Å². The van der Waals surface area contributed by atoms with Crippen molar-refractivity contribution in [1.29, 1.82) is 0 Å². The maximum atomic E-state index is 10.7. The van der Waals surface area contributed by atoms with E-state index in [1.54, 1.807) is 0 Å². The summed E-state index contributed by atoms with van der Waals surface area (Å²) in [7, 11) is 0. The number of aliphatic hydroxyl groups is 1. The van der Waals surface area contributed by atoms with E-state index >= 15 is 0 Å². The Balaban J connectivity index is 2.49. The van der Waals surface area contributed by atoms with Crippen LogP contribution in [-0.4, -0.2) is 36.0 Å². The molecule has 7 nitrogen and oxygen atoms in total. The molecular weight excluding hydrogens is 276 g/mol. The smallest absolute Gasteiger partial charge is 0.270 e. The first-order chi connectivity index (χ1) is 10.1. The van der Waals surface area contributed by atoms with Crippen LogP contribution in [0.2, 0.25) is 0 Å². The normalized spacial score (nSPS) is 12.1. The third-order valence-corrected chi connectivity index (χ3v) is 2.86. The van der Waals surface area contributed by atoms with Crippen molar-refractivity contribution in [3.05, 3.63) is 33.9 Å². The van der Waals surface area contributed by atoms with Gasteiger partial charge in [-0.05, 0) is 12.5 Å². The summed E-state index contributed by atoms with van der Waals surface area (Å²) in [5.41, 5.74) is 6.04. The predicted molar refractivity (Wildman–Crippen MR) is 78.2 cm³/mol. The van der Waals surface area contributed by atoms with Crippen molar-refractivity contribution < 1.29 is 19.5 Å². The number of benzene rings is 1. The van der Waals surface area contributed by atoms with E-state index in [2.05, 4.69) is 6.92 Å². The second-order valence-electron chi connectivity index (χ2n) is 4.65. The number of nitro benzene ring substituents is 1. The minimum atomic E-state index is -0.748. The quantitative estimate of drug-likeness (QED) is 0.386. The van der Waals surface area contributed by atoms with E-state index in [4.69, 9.17) is 15.2 Å². The number of nitrogens with two attached hydrogens (primary N) is 1. The van der Waals surface area contributed by atoms with Crippen LogP contribution < -0.4 is 10.5 Å². The third kappa shape index (κ3) is 6.07. The Kier molecular flexibility index (Phi) is 7.66. The van der Waals surface area contributed by atoms with E-state index in [1.165, 1.54) is 18.2 Å². The van der Waals surface area contributed by atoms with E-state index in [-0.39, 0.29) is 25.4 Å². The van der Waals surface area contributed by atoms with E-state index in [0.29, 0.717) is 17.9 Å². The van der Waals surface area contributed by atoms with Crippen LogP contribution in [0.4, 0.5) is 5.69 Å². The average Bonchev–Trinajstić information content (AvgIpc) is 2.49. The molecule has 0 radical (unpaired) electrons. The Labute approximate surface area is 123 Å². The van der Waals surface area contributed by atoms with Gasteiger partial charge in [-0.25, -0.2) is 0 Å². The van der Waals surface area contributed by atoms with Gasteiger partial charge in [0.05, 0.1) is 11.5 Å². The molecule has 0 saturated carbocycles. The van der Waals surface area contributed by atoms with Crippen LogP contribution in [0.1, 0.15) is 25.3 Å². The average molecular weight is 298 g/mol. The summed E-state index contributed by atoms with van der Waals surface area (Å²) in [6.07, 6.45) is 1.24. The van der Waals surface area contributed by atoms with E-state index < -0.39 is 11.0 Å². The maximum absolute atomic E-state index is 10.7. The summed E-state index contributed by atoms with van der Waals surface area (Å²) < 4.78 is 10.7. The highest BCUT2D eigenvalue weighted by Gasteiger charge is 2.12. The molecule has 1 atom stereocenters. The molecule has 0 amide bonds. The number of aliphatic hydroxyl groups excluding tert-OH is 1. The van der Waals surface area contributed by atoms with Gasteiger partial charge in [0.25, 0.3) is 5.69 Å². The van der Waals surface area contributed by atoms with E-state index in [0.717, 1.165) is 12.8 Å². The molecule has 118 valence electrons. The Morgan fingerprint density at radius 1 is 1.43 bits per heavy atom. The lowest BCUT2D eigenvalue weighted by Gasteiger charge is -2.14. The number of hydrogen-bond donors (Lipinski definition) is 2. The second kappa shape index (κ2) is 9.28. The van der Waals surface area contributed by atoms with Gasteiger partial charge in [-0.1, -0.05) is 13.3 Å². The summed E-state index contributed by atoms with van der Waals surface area (Å²) in [4.78, 5) is 10.2. The fourth-order valence-corrected chi connectivity index (χ4v) is 1.68. The van der Waals surface area contributed by atoms with Gasteiger partial charge in [-0.3, -0.25) is 10.1 Å². The molecule has 0 aliphatic carbocycles. The maximum Gasteiger partial charge on any atom is 0.270 e. The van der Waals surface area contributed by atoms with Crippen molar-refractivity contribution in [1.82, 2.24) is 0 Å². The Bertz CT molecular complexity index is 453. The number of nitrogens with zero attached hydrogens (tertiary/aromatic N) is 1. The van der Waals surface area contributed by atoms with Crippen LogP contribution in [-0.2, 0) is 11.3 Å². The molecule has 1 rings (SSSR count). The molecule has 3 N–H and O–H groups in total. The second-order valence-corrected chi connectivity index (χ2v) is 4.65. The number of rotatable bonds is 10. The van der Waals surface area contributed by atoms with Crippen LogP contribution in [0.25, 0.3) is 0 Å². The number of hydrogen-bond acceptors (Lipinski definition) is 6. The fourth-order valence-electron chi connectivity index (χ4n) is 1.68. The molecule has 7 heteroatoms. The molecule has 0 spiro atoms. The van der Waals surface area contributed by atoms with Gasteiger partial charge >= 0.3 is 0 Å². The molecule has 0 aliphatic heterocycles. The van der Waals surface area contributed by atoms with Crippen LogP contribution in [0, 0.1) is 10.1 Å². The van der Waals surface area contributed by atoms with Crippen molar-refractivity contribution in [3.8, 4) is 5.75 Å². The Morgan fingerprint density at radius 3 is 2.81 bits per heavy atom. The standard InChI is InChI=1S/C14H22N2O5/c1-2-3-6-20-9-13(17)10-21-14-5-4-12(16(18)19)7-11(14)8-15/h4-5,7,13,17H,2-3,6,8-10,15H2,1H3. The monoisotopic (exact) mass is 298 g/mol. The lowest BCUT2D eigenvalue weighted by atomic mass is 10.2. The minimum Gasteiger partial charge on any atom is -0.490 e. The third-order valence-electron chi connectivity index (χ3n) is 2.86. The highest BCUT2D eigenvalue weighted by Crippen LogP contribution is 2.23. The van der Waals surface area contributed by atoms with Gasteiger partial charge in [0, 0.05) is 30.8 Å². The van der Waals surface area contributed by atoms with Gasteiger partial charge in [0.1, 0.15) is 18.5 Å². The number of unbranched alkanes of at least 4 members (excludes halogenated alkanes) is 1. The van der Waals surface area contributed by atoms with Gasteiger partial charge in [0.15, 0.2) is 0 Å². The molecular formula is C14H22N2O5. The SMILES string of the molecule is CCCCOCC(O)COc1ccc([N+](=O)[O-])cc1CN. The molecule has 0 fully saturated rings. The summed E-state index contributed by atoms with van der Waals surface area (Å²) >= 11 is 0. The lowest BCUT2D eigenvalue weighted by molar-refractivity contribution is -0.384. The Hall–Kier alpha value is -1.70. The highest BCUT2D eigenvalue weighted by atomic mass is 16.6. The summed E-state index contributed by atoms with van der Waals surface area (Å²) in [5, 5.41) is 20.4. The highest BCUT2D eigenvalue weighted by molar-refractivity contribution is 5.43. The fraction of sp³-hybridized carbons (Fsp3) is 0.571. The van der Waals surface area contributed by atoms with Gasteiger partial charge < -0.3 is 20.3 Å². The zero-order valence-electron chi connectivity index (χ0n) is 12.2. The summed E-state index contributed by atoms with van der Waals surface area (Å²) in [5.74, 6) is 0.440. The van der Waals surface area contributed by atoms with Crippen LogP contribution in [0.15, 0.2) is 18.2 Å². The molecule has 21 heavy (non-hydrogen) atoms. The Morgan fingerprint density at radius 2 is 2.19 bits per heavy atom. The zero-order valence-corrected chi connectivity index (χ0v) is 12.2. The number of ether oxygens (including phenoxy) is 2. The molecule has 0 aliphatic rings. The van der Waals surface area contributed by atoms with Crippen molar-refractivity contribution >= 4 is 5.69 Å². The number of nitro groups is 1. The molecule has 1 aromatic rings. The molecule has 0 saturated heterocycles. The van der Waals surface area contributed by atoms with Crippen molar-refractivity contribution in [2.45, 2.75) is 32.4 Å². The largest absolute Gasteiger partial charge is 0.490 e. The first kappa shape index (κ1) is 17.4. The summed E-state index contributed by atoms with van der Waals surface area (Å²) in [6, 6.07) is 4.21. The lowest BCUT2D eigenvalue weighted by Crippen LogP contribution is -2.24. The van der Waals surface area contributed by atoms with Gasteiger partial charge in [0.2, 0.25) is 0 Å². The molecule has 0 bridgehead atoms. The van der Waals surface area contributed by atoms with E-state index in [9.17, 15) is 15.2 Å². The van der Waals surface area contributed by atoms with Crippen molar-refractivity contribution in [3.63, 3.8) is 0 Å². The minimum absolute atomic E-state index is 0.0359. The predicted octanol–water partition coefficient (Wildman–Crippen LogP) is 1.61. The van der Waals surface area contributed by atoms with Crippen LogP contribution >= 0.6 is 0 Å². The molecule has 1 unspecified atom stereocenters. The van der Waals surface area contributed by atoms with Gasteiger partial charge in [-0.2, -0.15) is 0 Å². The zero-order chi connectivity index (χ0) is 15.7.